The Kier molecular flexibility index (Phi) is 8.18. The van der Waals surface area contributed by atoms with E-state index in [0.29, 0.717) is 54.9 Å². The summed E-state index contributed by atoms with van der Waals surface area (Å²) in [6.07, 6.45) is 0.218. The van der Waals surface area contributed by atoms with Gasteiger partial charge in [0.1, 0.15) is 6.54 Å². The summed E-state index contributed by atoms with van der Waals surface area (Å²) in [5.41, 5.74) is 3.32. The van der Waals surface area contributed by atoms with Gasteiger partial charge >= 0.3 is 0 Å². The zero-order valence-corrected chi connectivity index (χ0v) is 23.7. The molecule has 2 aliphatic rings. The number of nitrogens with zero attached hydrogens (tertiary/aromatic N) is 5. The van der Waals surface area contributed by atoms with E-state index in [1.54, 1.807) is 4.90 Å². The fraction of sp³-hybridized carbons (Fsp3) is 0.250. The van der Waals surface area contributed by atoms with Crippen LogP contribution >= 0.6 is 11.6 Å². The third-order valence-corrected chi connectivity index (χ3v) is 7.77. The van der Waals surface area contributed by atoms with Crippen LogP contribution in [0, 0.1) is 0 Å². The standard InChI is InChI=1S/C32H30ClN5O4/c33-26-9-5-4-8-25(26)27-11-13-30(35-34-27)36-14-16-37(17-15-36)32(40)21-38(31(39)19-23-6-2-1-3-7-23)20-24-10-12-28-29(18-24)42-22-41-28/h1-13,18H,14-17,19-22H2. The maximum atomic E-state index is 13.4. The van der Waals surface area contributed by atoms with Crippen molar-refractivity contribution in [2.24, 2.45) is 0 Å². The van der Waals surface area contributed by atoms with Crippen LogP contribution in [0.25, 0.3) is 11.3 Å². The number of aromatic nitrogens is 2. The van der Waals surface area contributed by atoms with Crippen LogP contribution in [0.5, 0.6) is 11.5 Å². The monoisotopic (exact) mass is 583 g/mol. The van der Waals surface area contributed by atoms with Crippen molar-refractivity contribution in [2.75, 3.05) is 44.4 Å². The first-order chi connectivity index (χ1) is 20.5. The predicted molar refractivity (Wildman–Crippen MR) is 159 cm³/mol. The smallest absolute Gasteiger partial charge is 0.242 e. The summed E-state index contributed by atoms with van der Waals surface area (Å²) in [6.45, 7) is 2.75. The van der Waals surface area contributed by atoms with Crippen LogP contribution in [0.1, 0.15) is 11.1 Å². The lowest BCUT2D eigenvalue weighted by atomic mass is 10.1. The fourth-order valence-electron chi connectivity index (χ4n) is 5.13. The molecule has 0 N–H and O–H groups in total. The molecule has 0 radical (unpaired) electrons. The minimum atomic E-state index is -0.111. The highest BCUT2D eigenvalue weighted by Gasteiger charge is 2.26. The normalized spacial score (nSPS) is 14.1. The zero-order valence-electron chi connectivity index (χ0n) is 23.0. The summed E-state index contributed by atoms with van der Waals surface area (Å²) in [4.78, 5) is 32.4. The molecule has 42 heavy (non-hydrogen) atoms. The first kappa shape index (κ1) is 27.5. The molecule has 0 bridgehead atoms. The van der Waals surface area contributed by atoms with E-state index in [4.69, 9.17) is 21.1 Å². The number of fused-ring (bicyclic) bond motifs is 1. The quantitative estimate of drug-likeness (QED) is 0.303. The van der Waals surface area contributed by atoms with E-state index in [9.17, 15) is 9.59 Å². The van der Waals surface area contributed by atoms with Crippen molar-refractivity contribution >= 4 is 29.2 Å². The van der Waals surface area contributed by atoms with Crippen molar-refractivity contribution in [3.63, 3.8) is 0 Å². The van der Waals surface area contributed by atoms with Crippen LogP contribution in [0.15, 0.2) is 84.9 Å². The summed E-state index contributed by atoms with van der Waals surface area (Å²) < 4.78 is 10.9. The van der Waals surface area contributed by atoms with Gasteiger partial charge in [0.25, 0.3) is 0 Å². The topological polar surface area (TPSA) is 88.1 Å². The predicted octanol–water partition coefficient (Wildman–Crippen LogP) is 4.45. The lowest BCUT2D eigenvalue weighted by Crippen LogP contribution is -2.52. The fourth-order valence-corrected chi connectivity index (χ4v) is 5.36. The number of piperazine rings is 1. The van der Waals surface area contributed by atoms with Crippen LogP contribution in [0.3, 0.4) is 0 Å². The Bertz CT molecular complexity index is 1560. The molecule has 2 aliphatic heterocycles. The summed E-state index contributed by atoms with van der Waals surface area (Å²) in [5.74, 6) is 1.88. The molecule has 4 aromatic rings. The second-order valence-corrected chi connectivity index (χ2v) is 10.6. The SMILES string of the molecule is O=C(CN(Cc1ccc2c(c1)OCO2)C(=O)Cc1ccccc1)N1CCN(c2ccc(-c3ccccc3Cl)nn2)CC1. The minimum Gasteiger partial charge on any atom is -0.454 e. The van der Waals surface area contributed by atoms with Crippen molar-refractivity contribution in [1.82, 2.24) is 20.0 Å². The molecule has 2 amide bonds. The Morgan fingerprint density at radius 3 is 2.33 bits per heavy atom. The van der Waals surface area contributed by atoms with Gasteiger partial charge in [-0.2, -0.15) is 0 Å². The highest BCUT2D eigenvalue weighted by atomic mass is 35.5. The molecule has 0 atom stereocenters. The van der Waals surface area contributed by atoms with Gasteiger partial charge in [0.05, 0.1) is 17.1 Å². The van der Waals surface area contributed by atoms with Gasteiger partial charge in [0.15, 0.2) is 17.3 Å². The van der Waals surface area contributed by atoms with Gasteiger partial charge in [-0.3, -0.25) is 9.59 Å². The van der Waals surface area contributed by atoms with Gasteiger partial charge < -0.3 is 24.2 Å². The van der Waals surface area contributed by atoms with Crippen molar-refractivity contribution in [1.29, 1.82) is 0 Å². The van der Waals surface area contributed by atoms with E-state index in [1.165, 1.54) is 0 Å². The average Bonchev–Trinajstić information content (AvgIpc) is 3.50. The molecule has 6 rings (SSSR count). The van der Waals surface area contributed by atoms with Gasteiger partial charge in [-0.15, -0.1) is 10.2 Å². The van der Waals surface area contributed by atoms with Crippen LogP contribution in [-0.4, -0.2) is 71.3 Å². The number of ether oxygens (including phenoxy) is 2. The number of anilines is 1. The molecule has 3 aromatic carbocycles. The number of amides is 2. The van der Waals surface area contributed by atoms with E-state index in [-0.39, 0.29) is 31.6 Å². The zero-order chi connectivity index (χ0) is 28.9. The Balaban J connectivity index is 1.09. The largest absolute Gasteiger partial charge is 0.454 e. The molecular formula is C32H30ClN5O4. The molecule has 1 saturated heterocycles. The number of rotatable bonds is 8. The Hall–Kier alpha value is -4.63. The summed E-state index contributed by atoms with van der Waals surface area (Å²) in [5, 5.41) is 9.42. The van der Waals surface area contributed by atoms with Crippen LogP contribution in [0.2, 0.25) is 5.02 Å². The molecule has 10 heteroatoms. The number of carbonyl (C=O) groups excluding carboxylic acids is 2. The highest BCUT2D eigenvalue weighted by molar-refractivity contribution is 6.33. The number of benzene rings is 3. The molecule has 0 unspecified atom stereocenters. The molecule has 0 spiro atoms. The lowest BCUT2D eigenvalue weighted by molar-refractivity contribution is -0.140. The second kappa shape index (κ2) is 12.5. The Morgan fingerprint density at radius 2 is 1.57 bits per heavy atom. The van der Waals surface area contributed by atoms with Crippen LogP contribution < -0.4 is 14.4 Å². The van der Waals surface area contributed by atoms with Crippen molar-refractivity contribution in [2.45, 2.75) is 13.0 Å². The maximum Gasteiger partial charge on any atom is 0.242 e. The third-order valence-electron chi connectivity index (χ3n) is 7.44. The molecular weight excluding hydrogens is 554 g/mol. The average molecular weight is 584 g/mol. The molecule has 214 valence electrons. The molecule has 1 fully saturated rings. The Labute approximate surface area is 249 Å². The van der Waals surface area contributed by atoms with Crippen molar-refractivity contribution in [3.05, 3.63) is 101 Å². The van der Waals surface area contributed by atoms with E-state index in [1.807, 2.05) is 89.8 Å². The van der Waals surface area contributed by atoms with Gasteiger partial charge in [-0.1, -0.05) is 66.2 Å². The molecule has 0 aliphatic carbocycles. The van der Waals surface area contributed by atoms with Crippen molar-refractivity contribution < 1.29 is 19.1 Å². The molecule has 1 aromatic heterocycles. The first-order valence-corrected chi connectivity index (χ1v) is 14.2. The number of carbonyl (C=O) groups is 2. The van der Waals surface area contributed by atoms with E-state index < -0.39 is 0 Å². The Morgan fingerprint density at radius 1 is 0.810 bits per heavy atom. The minimum absolute atomic E-state index is 0.00749. The molecule has 0 saturated carbocycles. The maximum absolute atomic E-state index is 13.4. The van der Waals surface area contributed by atoms with E-state index in [0.717, 1.165) is 22.5 Å². The number of hydrogen-bond donors (Lipinski definition) is 0. The molecule has 3 heterocycles. The van der Waals surface area contributed by atoms with Gasteiger partial charge in [0.2, 0.25) is 18.6 Å². The number of hydrogen-bond acceptors (Lipinski definition) is 7. The first-order valence-electron chi connectivity index (χ1n) is 13.8. The van der Waals surface area contributed by atoms with Crippen LogP contribution in [0.4, 0.5) is 5.82 Å². The molecule has 9 nitrogen and oxygen atoms in total. The lowest BCUT2D eigenvalue weighted by Gasteiger charge is -2.36. The van der Waals surface area contributed by atoms with Crippen molar-refractivity contribution in [3.8, 4) is 22.8 Å². The highest BCUT2D eigenvalue weighted by Crippen LogP contribution is 2.33. The van der Waals surface area contributed by atoms with Gasteiger partial charge in [-0.05, 0) is 41.5 Å². The second-order valence-electron chi connectivity index (χ2n) is 10.2. The van der Waals surface area contributed by atoms with E-state index >= 15 is 0 Å². The van der Waals surface area contributed by atoms with Crippen LogP contribution in [-0.2, 0) is 22.6 Å². The van der Waals surface area contributed by atoms with E-state index in [2.05, 4.69) is 15.1 Å². The van der Waals surface area contributed by atoms with Gasteiger partial charge in [0, 0.05) is 38.3 Å². The number of halogens is 1. The summed E-state index contributed by atoms with van der Waals surface area (Å²) >= 11 is 6.31. The summed E-state index contributed by atoms with van der Waals surface area (Å²) in [7, 11) is 0. The van der Waals surface area contributed by atoms with Gasteiger partial charge in [-0.25, -0.2) is 0 Å². The summed E-state index contributed by atoms with van der Waals surface area (Å²) in [6, 6.07) is 26.5. The third kappa shape index (κ3) is 6.31.